The van der Waals surface area contributed by atoms with Crippen LogP contribution in [0, 0.1) is 13.8 Å². The molecule has 7 heteroatoms. The van der Waals surface area contributed by atoms with Crippen LogP contribution in [-0.4, -0.2) is 31.3 Å². The number of nitrogens with one attached hydrogen (secondary N) is 1. The fourth-order valence-corrected chi connectivity index (χ4v) is 2.49. The van der Waals surface area contributed by atoms with Crippen molar-refractivity contribution < 1.29 is 0 Å². The van der Waals surface area contributed by atoms with Crippen LogP contribution in [-0.2, 0) is 12.8 Å². The van der Waals surface area contributed by atoms with Gasteiger partial charge in [0, 0.05) is 25.4 Å². The van der Waals surface area contributed by atoms with Crippen LogP contribution in [0.4, 0.5) is 5.82 Å². The van der Waals surface area contributed by atoms with Gasteiger partial charge in [-0.15, -0.1) is 10.2 Å². The Hall–Kier alpha value is -1.63. The van der Waals surface area contributed by atoms with Gasteiger partial charge in [0.25, 0.3) is 0 Å². The molecule has 0 radical (unpaired) electrons. The summed E-state index contributed by atoms with van der Waals surface area (Å²) < 4.78 is 1.97. The minimum absolute atomic E-state index is 0.689. The van der Waals surface area contributed by atoms with Crippen LogP contribution >= 0.6 is 11.8 Å². The topological polar surface area (TPSA) is 68.5 Å². The molecule has 0 aromatic carbocycles. The highest BCUT2D eigenvalue weighted by Crippen LogP contribution is 2.20. The SMILES string of the molecule is CCCNc1cc(C)nc(CSc2nnc(C)n2C)n1. The van der Waals surface area contributed by atoms with Gasteiger partial charge < -0.3 is 9.88 Å². The molecule has 2 rings (SSSR count). The summed E-state index contributed by atoms with van der Waals surface area (Å²) in [4.78, 5) is 8.99. The van der Waals surface area contributed by atoms with Crippen molar-refractivity contribution in [1.29, 1.82) is 0 Å². The molecular weight excluding hydrogens is 272 g/mol. The first kappa shape index (κ1) is 14.8. The fourth-order valence-electron chi connectivity index (χ4n) is 1.68. The molecule has 0 aliphatic rings. The Bertz CT molecular complexity index is 580. The van der Waals surface area contributed by atoms with Gasteiger partial charge in [-0.25, -0.2) is 9.97 Å². The van der Waals surface area contributed by atoms with Crippen molar-refractivity contribution in [2.45, 2.75) is 38.1 Å². The maximum Gasteiger partial charge on any atom is 0.191 e. The zero-order valence-electron chi connectivity index (χ0n) is 12.3. The van der Waals surface area contributed by atoms with E-state index in [4.69, 9.17) is 0 Å². The molecule has 2 aromatic heterocycles. The molecule has 0 saturated heterocycles. The molecule has 0 aliphatic carbocycles. The minimum atomic E-state index is 0.689. The summed E-state index contributed by atoms with van der Waals surface area (Å²) >= 11 is 1.60. The van der Waals surface area contributed by atoms with Crippen LogP contribution in [0.25, 0.3) is 0 Å². The molecule has 0 spiro atoms. The van der Waals surface area contributed by atoms with E-state index in [9.17, 15) is 0 Å². The third-order valence-corrected chi connectivity index (χ3v) is 3.86. The molecule has 0 amide bonds. The second-order valence-corrected chi connectivity index (χ2v) is 5.56. The monoisotopic (exact) mass is 292 g/mol. The van der Waals surface area contributed by atoms with Gasteiger partial charge >= 0.3 is 0 Å². The number of anilines is 1. The predicted octanol–water partition coefficient (Wildman–Crippen LogP) is 2.34. The van der Waals surface area contributed by atoms with Gasteiger partial charge in [-0.1, -0.05) is 18.7 Å². The number of thioether (sulfide) groups is 1. The maximum absolute atomic E-state index is 4.52. The summed E-state index contributed by atoms with van der Waals surface area (Å²) in [5.41, 5.74) is 0.975. The molecule has 0 saturated carbocycles. The van der Waals surface area contributed by atoms with Crippen molar-refractivity contribution in [2.75, 3.05) is 11.9 Å². The first-order valence-electron chi connectivity index (χ1n) is 6.67. The second kappa shape index (κ2) is 6.69. The van der Waals surface area contributed by atoms with Crippen molar-refractivity contribution >= 4 is 17.6 Å². The molecule has 108 valence electrons. The predicted molar refractivity (Wildman–Crippen MR) is 80.9 cm³/mol. The largest absolute Gasteiger partial charge is 0.370 e. The van der Waals surface area contributed by atoms with Crippen LogP contribution in [0.5, 0.6) is 0 Å². The van der Waals surface area contributed by atoms with E-state index in [1.165, 1.54) is 0 Å². The first-order valence-corrected chi connectivity index (χ1v) is 7.66. The van der Waals surface area contributed by atoms with Crippen molar-refractivity contribution in [3.8, 4) is 0 Å². The number of nitrogens with zero attached hydrogens (tertiary/aromatic N) is 5. The number of aryl methyl sites for hydroxylation is 2. The van der Waals surface area contributed by atoms with Crippen molar-refractivity contribution in [1.82, 2.24) is 24.7 Å². The molecule has 0 aliphatic heterocycles. The third kappa shape index (κ3) is 3.69. The zero-order valence-corrected chi connectivity index (χ0v) is 13.2. The van der Waals surface area contributed by atoms with Gasteiger partial charge in [-0.05, 0) is 20.3 Å². The van der Waals surface area contributed by atoms with Gasteiger partial charge in [-0.2, -0.15) is 0 Å². The Labute approximate surface area is 123 Å². The van der Waals surface area contributed by atoms with Crippen LogP contribution < -0.4 is 5.32 Å². The van der Waals surface area contributed by atoms with E-state index in [1.54, 1.807) is 11.8 Å². The fraction of sp³-hybridized carbons (Fsp3) is 0.538. The van der Waals surface area contributed by atoms with Gasteiger partial charge in [0.05, 0.1) is 5.75 Å². The smallest absolute Gasteiger partial charge is 0.191 e. The van der Waals surface area contributed by atoms with E-state index in [0.717, 1.165) is 41.3 Å². The summed E-state index contributed by atoms with van der Waals surface area (Å²) in [7, 11) is 1.96. The van der Waals surface area contributed by atoms with Gasteiger partial charge in [-0.3, -0.25) is 0 Å². The van der Waals surface area contributed by atoms with Crippen LogP contribution in [0.1, 0.15) is 30.7 Å². The minimum Gasteiger partial charge on any atom is -0.370 e. The average Bonchev–Trinajstić information content (AvgIpc) is 2.74. The van der Waals surface area contributed by atoms with E-state index in [2.05, 4.69) is 32.4 Å². The highest BCUT2D eigenvalue weighted by atomic mass is 32.2. The molecule has 0 bridgehead atoms. The molecular formula is C13H20N6S. The van der Waals surface area contributed by atoms with Crippen molar-refractivity contribution in [2.24, 2.45) is 7.05 Å². The number of hydrogen-bond acceptors (Lipinski definition) is 6. The van der Waals surface area contributed by atoms with Crippen LogP contribution in [0.3, 0.4) is 0 Å². The molecule has 0 unspecified atom stereocenters. The summed E-state index contributed by atoms with van der Waals surface area (Å²) in [6, 6.07) is 1.97. The summed E-state index contributed by atoms with van der Waals surface area (Å²) in [5.74, 6) is 3.30. The number of hydrogen-bond donors (Lipinski definition) is 1. The molecule has 2 heterocycles. The lowest BCUT2D eigenvalue weighted by Gasteiger charge is -2.07. The Morgan fingerprint density at radius 1 is 1.25 bits per heavy atom. The molecule has 0 atom stereocenters. The van der Waals surface area contributed by atoms with Crippen molar-refractivity contribution in [3.63, 3.8) is 0 Å². The highest BCUT2D eigenvalue weighted by molar-refractivity contribution is 7.98. The Balaban J connectivity index is 2.05. The standard InChI is InChI=1S/C13H20N6S/c1-5-6-14-11-7-9(2)15-12(16-11)8-20-13-18-17-10(3)19(13)4/h7H,5-6,8H2,1-4H3,(H,14,15,16). The van der Waals surface area contributed by atoms with Gasteiger partial charge in [0.15, 0.2) is 5.16 Å². The summed E-state index contributed by atoms with van der Waals surface area (Å²) in [6.07, 6.45) is 1.07. The summed E-state index contributed by atoms with van der Waals surface area (Å²) in [6.45, 7) is 6.98. The van der Waals surface area contributed by atoms with Gasteiger partial charge in [0.2, 0.25) is 0 Å². The summed E-state index contributed by atoms with van der Waals surface area (Å²) in [5, 5.41) is 12.4. The quantitative estimate of drug-likeness (QED) is 0.824. The normalized spacial score (nSPS) is 10.8. The maximum atomic E-state index is 4.52. The molecule has 2 aromatic rings. The van der Waals surface area contributed by atoms with Gasteiger partial charge in [0.1, 0.15) is 17.5 Å². The molecule has 20 heavy (non-hydrogen) atoms. The first-order chi connectivity index (χ1) is 9.60. The lowest BCUT2D eigenvalue weighted by Crippen LogP contribution is -2.06. The zero-order chi connectivity index (χ0) is 14.5. The lowest BCUT2D eigenvalue weighted by molar-refractivity contribution is 0.764. The van der Waals surface area contributed by atoms with E-state index in [0.29, 0.717) is 5.75 Å². The number of aromatic nitrogens is 5. The lowest BCUT2D eigenvalue weighted by atomic mass is 10.4. The molecule has 1 N–H and O–H groups in total. The Morgan fingerprint density at radius 3 is 2.70 bits per heavy atom. The Morgan fingerprint density at radius 2 is 2.05 bits per heavy atom. The third-order valence-electron chi connectivity index (χ3n) is 2.84. The number of rotatable bonds is 6. The molecule has 0 fully saturated rings. The Kier molecular flexibility index (Phi) is 4.94. The highest BCUT2D eigenvalue weighted by Gasteiger charge is 2.08. The van der Waals surface area contributed by atoms with E-state index >= 15 is 0 Å². The van der Waals surface area contributed by atoms with Crippen molar-refractivity contribution in [3.05, 3.63) is 23.4 Å². The van der Waals surface area contributed by atoms with Crippen LogP contribution in [0.15, 0.2) is 11.2 Å². The van der Waals surface area contributed by atoms with E-state index in [1.807, 2.05) is 31.5 Å². The van der Waals surface area contributed by atoms with E-state index in [-0.39, 0.29) is 0 Å². The molecule has 6 nitrogen and oxygen atoms in total. The average molecular weight is 292 g/mol. The second-order valence-electron chi connectivity index (χ2n) is 4.62. The van der Waals surface area contributed by atoms with E-state index < -0.39 is 0 Å². The van der Waals surface area contributed by atoms with Crippen LogP contribution in [0.2, 0.25) is 0 Å².